The van der Waals surface area contributed by atoms with Crippen LogP contribution in [0, 0.1) is 51.1 Å². The van der Waals surface area contributed by atoms with Gasteiger partial charge in [0.15, 0.2) is 5.92 Å². The third kappa shape index (κ3) is 4.52. The van der Waals surface area contributed by atoms with Gasteiger partial charge >= 0.3 is 6.09 Å². The first kappa shape index (κ1) is 22.3. The van der Waals surface area contributed by atoms with Crippen molar-refractivity contribution in [1.82, 2.24) is 5.32 Å². The number of thiocarbonyl (C=S) groups is 1. The molecular weight excluding hydrogens is 419 g/mol. The van der Waals surface area contributed by atoms with Crippen LogP contribution in [0.3, 0.4) is 0 Å². The molecule has 0 radical (unpaired) electrons. The summed E-state index contributed by atoms with van der Waals surface area (Å²) in [6.07, 6.45) is -0.342. The molecule has 0 unspecified atom stereocenters. The van der Waals surface area contributed by atoms with E-state index in [0.29, 0.717) is 48.8 Å². The smallest absolute Gasteiger partial charge is 0.414 e. The maximum Gasteiger partial charge on any atom is 0.414 e. The number of halogens is 1. The molecule has 1 N–H and O–H groups in total. The Morgan fingerprint density at radius 1 is 1.35 bits per heavy atom. The maximum atomic E-state index is 14.9. The zero-order chi connectivity index (χ0) is 22.6. The number of ether oxygens (including phenoxy) is 1. The van der Waals surface area contributed by atoms with Gasteiger partial charge in [-0.1, -0.05) is 12.2 Å². The van der Waals surface area contributed by atoms with E-state index in [1.54, 1.807) is 24.0 Å². The van der Waals surface area contributed by atoms with Crippen LogP contribution in [0.4, 0.5) is 20.6 Å². The lowest BCUT2D eigenvalue weighted by Gasteiger charge is -2.39. The molecule has 1 aromatic rings. The van der Waals surface area contributed by atoms with Crippen molar-refractivity contribution in [3.05, 3.63) is 24.0 Å². The molecule has 8 nitrogen and oxygen atoms in total. The lowest BCUT2D eigenvalue weighted by atomic mass is 9.71. The van der Waals surface area contributed by atoms with Gasteiger partial charge in [0, 0.05) is 13.1 Å². The molecule has 1 atom stereocenters. The van der Waals surface area contributed by atoms with Crippen LogP contribution in [0.2, 0.25) is 0 Å². The van der Waals surface area contributed by atoms with Gasteiger partial charge in [-0.05, 0) is 38.0 Å². The molecule has 10 heteroatoms. The number of hydrogen-bond acceptors (Lipinski definition) is 7. The summed E-state index contributed by atoms with van der Waals surface area (Å²) in [4.78, 5) is 15.9. The molecule has 160 valence electrons. The Morgan fingerprint density at radius 2 is 2.03 bits per heavy atom. The number of anilines is 2. The van der Waals surface area contributed by atoms with Crippen LogP contribution >= 0.6 is 12.2 Å². The van der Waals surface area contributed by atoms with E-state index in [2.05, 4.69) is 11.4 Å². The fourth-order valence-corrected chi connectivity index (χ4v) is 3.99. The number of hydrogen-bond donors (Lipinski definition) is 1. The quantitative estimate of drug-likeness (QED) is 0.695. The summed E-state index contributed by atoms with van der Waals surface area (Å²) in [6, 6.07) is 10.5. The van der Waals surface area contributed by atoms with Crippen LogP contribution in [0.25, 0.3) is 0 Å². The highest BCUT2D eigenvalue weighted by Crippen LogP contribution is 2.40. The molecule has 3 rings (SSSR count). The molecule has 2 fully saturated rings. The van der Waals surface area contributed by atoms with Crippen LogP contribution < -0.4 is 15.1 Å². The lowest BCUT2D eigenvalue weighted by Crippen LogP contribution is -2.43. The van der Waals surface area contributed by atoms with E-state index in [9.17, 15) is 25.0 Å². The average molecular weight is 441 g/mol. The Balaban J connectivity index is 1.69. The van der Waals surface area contributed by atoms with Crippen molar-refractivity contribution < 1.29 is 13.9 Å². The number of rotatable bonds is 5. The molecule has 2 heterocycles. The van der Waals surface area contributed by atoms with Crippen LogP contribution in [0.15, 0.2) is 18.2 Å². The number of benzene rings is 1. The Labute approximate surface area is 185 Å². The first-order valence-corrected chi connectivity index (χ1v) is 10.2. The number of carbonyl (C=O) groups is 1. The van der Waals surface area contributed by atoms with Gasteiger partial charge in [-0.15, -0.1) is 0 Å². The highest BCUT2D eigenvalue weighted by atomic mass is 32.1. The molecule has 0 aromatic heterocycles. The molecule has 0 saturated carbocycles. The Bertz CT molecular complexity index is 989. The van der Waals surface area contributed by atoms with Gasteiger partial charge in [0.05, 0.1) is 53.1 Å². The summed E-state index contributed by atoms with van der Waals surface area (Å²) in [5.41, 5.74) is -0.298. The minimum Gasteiger partial charge on any atom is -0.442 e. The Kier molecular flexibility index (Phi) is 6.58. The number of nitrogens with zero attached hydrogens (tertiary/aromatic N) is 5. The third-order valence-corrected chi connectivity index (χ3v) is 5.87. The third-order valence-electron chi connectivity index (χ3n) is 5.73. The second-order valence-corrected chi connectivity index (χ2v) is 8.25. The summed E-state index contributed by atoms with van der Waals surface area (Å²) in [6.45, 7) is 3.10. The fourth-order valence-electron chi connectivity index (χ4n) is 3.90. The van der Waals surface area contributed by atoms with Crippen LogP contribution in [-0.2, 0) is 4.74 Å². The fraction of sp³-hybridized carbons (Fsp3) is 0.476. The summed E-state index contributed by atoms with van der Waals surface area (Å²) >= 11 is 4.96. The van der Waals surface area contributed by atoms with Crippen molar-refractivity contribution in [3.63, 3.8) is 0 Å². The molecule has 0 bridgehead atoms. The molecule has 1 amide bonds. The predicted molar refractivity (Wildman–Crippen MR) is 114 cm³/mol. The maximum absolute atomic E-state index is 14.9. The van der Waals surface area contributed by atoms with Gasteiger partial charge < -0.3 is 15.0 Å². The normalized spacial score (nSPS) is 19.9. The van der Waals surface area contributed by atoms with Gasteiger partial charge in [-0.25, -0.2) is 9.18 Å². The number of piperidine rings is 1. The zero-order valence-electron chi connectivity index (χ0n) is 17.0. The number of cyclic esters (lactones) is 1. The molecule has 2 saturated heterocycles. The van der Waals surface area contributed by atoms with Gasteiger partial charge in [-0.2, -0.15) is 15.8 Å². The van der Waals surface area contributed by atoms with Crippen molar-refractivity contribution in [2.75, 3.05) is 36.0 Å². The predicted octanol–water partition coefficient (Wildman–Crippen LogP) is 2.86. The van der Waals surface area contributed by atoms with E-state index in [4.69, 9.17) is 17.0 Å². The van der Waals surface area contributed by atoms with Crippen molar-refractivity contribution in [2.24, 2.45) is 11.3 Å². The second-order valence-electron chi connectivity index (χ2n) is 7.64. The summed E-state index contributed by atoms with van der Waals surface area (Å²) < 4.78 is 20.2. The molecular formula is C21H21FN6O2S. The van der Waals surface area contributed by atoms with Crippen molar-refractivity contribution in [3.8, 4) is 18.2 Å². The van der Waals surface area contributed by atoms with E-state index < -0.39 is 23.2 Å². The highest BCUT2D eigenvalue weighted by Gasteiger charge is 2.43. The van der Waals surface area contributed by atoms with E-state index in [-0.39, 0.29) is 12.6 Å². The first-order chi connectivity index (χ1) is 14.8. The van der Waals surface area contributed by atoms with Crippen molar-refractivity contribution >= 4 is 34.7 Å². The van der Waals surface area contributed by atoms with Gasteiger partial charge in [0.2, 0.25) is 0 Å². The van der Waals surface area contributed by atoms with Gasteiger partial charge in [0.1, 0.15) is 11.9 Å². The monoisotopic (exact) mass is 440 g/mol. The standard InChI is InChI=1S/C21H21FN6O2S/c1-14(31)26-11-17-12-28(20(29)30-17)16-2-3-19(18(22)8-16)27-6-4-21(13-25,5-7-27)15(9-23)10-24/h2-3,8,15,17H,4-7,11-12H2,1H3,(H,26,31)/t17-/m0/s1. The van der Waals surface area contributed by atoms with E-state index in [0.717, 1.165) is 0 Å². The minimum atomic E-state index is -1.04. The van der Waals surface area contributed by atoms with Crippen LogP contribution in [0.1, 0.15) is 19.8 Å². The minimum absolute atomic E-state index is 0.283. The largest absolute Gasteiger partial charge is 0.442 e. The molecule has 0 aliphatic carbocycles. The van der Waals surface area contributed by atoms with Crippen molar-refractivity contribution in [2.45, 2.75) is 25.9 Å². The number of carbonyl (C=O) groups excluding carboxylic acids is 1. The molecule has 2 aliphatic rings. The molecule has 2 aliphatic heterocycles. The molecule has 0 spiro atoms. The van der Waals surface area contributed by atoms with Gasteiger partial charge in [0.25, 0.3) is 0 Å². The SMILES string of the molecule is CC(=S)NC[C@H]1CN(c2ccc(N3CCC(C#N)(C(C#N)C#N)CC3)c(F)c2)C(=O)O1. The summed E-state index contributed by atoms with van der Waals surface area (Å²) in [5, 5.41) is 30.9. The zero-order valence-corrected chi connectivity index (χ0v) is 17.8. The number of nitriles is 3. The molecule has 31 heavy (non-hydrogen) atoms. The number of nitrogens with one attached hydrogen (secondary N) is 1. The van der Waals surface area contributed by atoms with Gasteiger partial charge in [-0.3, -0.25) is 4.90 Å². The lowest BCUT2D eigenvalue weighted by molar-refractivity contribution is 0.143. The first-order valence-electron chi connectivity index (χ1n) is 9.81. The highest BCUT2D eigenvalue weighted by molar-refractivity contribution is 7.80. The van der Waals surface area contributed by atoms with E-state index in [1.807, 2.05) is 12.1 Å². The summed E-state index contributed by atoms with van der Waals surface area (Å²) in [5.74, 6) is -1.51. The van der Waals surface area contributed by atoms with Crippen LogP contribution in [0.5, 0.6) is 0 Å². The average Bonchev–Trinajstić information content (AvgIpc) is 3.14. The Hall–Kier alpha value is -3.42. The van der Waals surface area contributed by atoms with Crippen molar-refractivity contribution in [1.29, 1.82) is 15.8 Å². The molecule has 1 aromatic carbocycles. The topological polar surface area (TPSA) is 116 Å². The van der Waals surface area contributed by atoms with Crippen LogP contribution in [-0.4, -0.2) is 43.4 Å². The number of amides is 1. The van der Waals surface area contributed by atoms with E-state index >= 15 is 0 Å². The second kappa shape index (κ2) is 9.16. The summed E-state index contributed by atoms with van der Waals surface area (Å²) in [7, 11) is 0. The Morgan fingerprint density at radius 3 is 2.58 bits per heavy atom. The van der Waals surface area contributed by atoms with E-state index in [1.165, 1.54) is 11.0 Å².